The number of nitrogens with two attached hydrogens (primary N) is 1. The van der Waals surface area contributed by atoms with Crippen LogP contribution in [0.5, 0.6) is 0 Å². The van der Waals surface area contributed by atoms with Crippen LogP contribution in [0.2, 0.25) is 0 Å². The van der Waals surface area contributed by atoms with Gasteiger partial charge < -0.3 is 10.6 Å². The summed E-state index contributed by atoms with van der Waals surface area (Å²) in [6.45, 7) is 4.36. The van der Waals surface area contributed by atoms with Crippen LogP contribution < -0.4 is 5.73 Å². The Morgan fingerprint density at radius 3 is 2.55 bits per heavy atom. The van der Waals surface area contributed by atoms with E-state index >= 15 is 0 Å². The van der Waals surface area contributed by atoms with Crippen LogP contribution in [0.3, 0.4) is 0 Å². The third-order valence-electron chi connectivity index (χ3n) is 3.15. The van der Waals surface area contributed by atoms with Crippen LogP contribution >= 0.6 is 0 Å². The van der Waals surface area contributed by atoms with Crippen molar-refractivity contribution in [2.45, 2.75) is 6.92 Å². The van der Waals surface area contributed by atoms with E-state index < -0.39 is 0 Å². The first kappa shape index (κ1) is 7.10. The molecule has 2 rings (SSSR count). The zero-order valence-corrected chi connectivity index (χ0v) is 6.79. The lowest BCUT2D eigenvalue weighted by atomic mass is 10.3. The molecule has 1 saturated carbocycles. The van der Waals surface area contributed by atoms with Crippen molar-refractivity contribution in [2.24, 2.45) is 23.5 Å². The summed E-state index contributed by atoms with van der Waals surface area (Å²) in [5.74, 6) is 2.57. The molecular weight excluding hydrogens is 140 g/mol. The Balaban J connectivity index is 1.90. The molecule has 1 saturated heterocycles. The summed E-state index contributed by atoms with van der Waals surface area (Å²) < 4.78 is 0. The van der Waals surface area contributed by atoms with Gasteiger partial charge in [-0.3, -0.25) is 4.79 Å². The van der Waals surface area contributed by atoms with Gasteiger partial charge in [0, 0.05) is 13.1 Å². The molecule has 2 atom stereocenters. The second kappa shape index (κ2) is 2.21. The van der Waals surface area contributed by atoms with Crippen molar-refractivity contribution in [1.82, 2.24) is 4.90 Å². The maximum absolute atomic E-state index is 11.1. The Kier molecular flexibility index (Phi) is 1.42. The normalized spacial score (nSPS) is 40.5. The number of hydrogen-bond donors (Lipinski definition) is 1. The van der Waals surface area contributed by atoms with E-state index in [1.54, 1.807) is 0 Å². The number of amides is 1. The maximum atomic E-state index is 11.1. The minimum Gasteiger partial charge on any atom is -0.341 e. The second-order valence-corrected chi connectivity index (χ2v) is 3.69. The fraction of sp³-hybridized carbons (Fsp3) is 0.875. The molecule has 11 heavy (non-hydrogen) atoms. The third-order valence-corrected chi connectivity index (χ3v) is 3.15. The number of piperidine rings is 1. The molecule has 3 nitrogen and oxygen atoms in total. The van der Waals surface area contributed by atoms with Crippen LogP contribution in [0.25, 0.3) is 0 Å². The van der Waals surface area contributed by atoms with E-state index in [0.717, 1.165) is 30.8 Å². The number of nitrogens with zero attached hydrogens (tertiary/aromatic N) is 1. The van der Waals surface area contributed by atoms with Gasteiger partial charge in [0.05, 0.1) is 6.54 Å². The van der Waals surface area contributed by atoms with Gasteiger partial charge in [-0.1, -0.05) is 6.92 Å². The van der Waals surface area contributed by atoms with Gasteiger partial charge in [-0.2, -0.15) is 0 Å². The Hall–Kier alpha value is -0.570. The van der Waals surface area contributed by atoms with Crippen LogP contribution in [0.4, 0.5) is 0 Å². The lowest BCUT2D eigenvalue weighted by Gasteiger charge is -2.17. The molecule has 0 aromatic heterocycles. The second-order valence-electron chi connectivity index (χ2n) is 3.69. The lowest BCUT2D eigenvalue weighted by Crippen LogP contribution is -2.36. The first-order valence-corrected chi connectivity index (χ1v) is 4.22. The standard InChI is InChI=1S/C8H14N2O/c1-5-6-3-10(4-7(5)6)8(11)2-9/h5-7H,2-4,9H2,1H3. The van der Waals surface area contributed by atoms with E-state index in [0.29, 0.717) is 0 Å². The quantitative estimate of drug-likeness (QED) is 0.562. The summed E-state index contributed by atoms with van der Waals surface area (Å²) in [6, 6.07) is 0. The molecule has 2 N–H and O–H groups in total. The smallest absolute Gasteiger partial charge is 0.236 e. The maximum Gasteiger partial charge on any atom is 0.236 e. The van der Waals surface area contributed by atoms with Crippen molar-refractivity contribution in [2.75, 3.05) is 19.6 Å². The third kappa shape index (κ3) is 0.948. The van der Waals surface area contributed by atoms with Crippen molar-refractivity contribution in [1.29, 1.82) is 0 Å². The molecule has 1 heterocycles. The number of hydrogen-bond acceptors (Lipinski definition) is 2. The van der Waals surface area contributed by atoms with E-state index in [1.807, 2.05) is 4.90 Å². The van der Waals surface area contributed by atoms with Crippen LogP contribution in [0.15, 0.2) is 0 Å². The summed E-state index contributed by atoms with van der Waals surface area (Å²) in [5, 5.41) is 0. The molecule has 0 spiro atoms. The first-order valence-electron chi connectivity index (χ1n) is 4.22. The molecule has 1 aliphatic carbocycles. The van der Waals surface area contributed by atoms with Gasteiger partial charge in [0.2, 0.25) is 5.91 Å². The van der Waals surface area contributed by atoms with Crippen LogP contribution in [-0.4, -0.2) is 30.4 Å². The fourth-order valence-corrected chi connectivity index (χ4v) is 2.16. The zero-order valence-electron chi connectivity index (χ0n) is 6.79. The van der Waals surface area contributed by atoms with E-state index in [1.165, 1.54) is 0 Å². The summed E-state index contributed by atoms with van der Waals surface area (Å²) in [4.78, 5) is 13.0. The van der Waals surface area contributed by atoms with Crippen molar-refractivity contribution < 1.29 is 4.79 Å². The van der Waals surface area contributed by atoms with Gasteiger partial charge in [0.25, 0.3) is 0 Å². The Morgan fingerprint density at radius 2 is 2.09 bits per heavy atom. The summed E-state index contributed by atoms with van der Waals surface area (Å²) in [5.41, 5.74) is 5.26. The minimum absolute atomic E-state index is 0.115. The Bertz CT molecular complexity index is 181. The van der Waals surface area contributed by atoms with Gasteiger partial charge in [0.15, 0.2) is 0 Å². The minimum atomic E-state index is 0.115. The molecule has 62 valence electrons. The highest BCUT2D eigenvalue weighted by molar-refractivity contribution is 5.78. The molecule has 0 aromatic rings. The van der Waals surface area contributed by atoms with E-state index in [9.17, 15) is 4.79 Å². The highest BCUT2D eigenvalue weighted by atomic mass is 16.2. The molecule has 2 aliphatic rings. The molecule has 2 fully saturated rings. The monoisotopic (exact) mass is 154 g/mol. The van der Waals surface area contributed by atoms with Gasteiger partial charge in [0.1, 0.15) is 0 Å². The number of fused-ring (bicyclic) bond motifs is 1. The lowest BCUT2D eigenvalue weighted by molar-refractivity contribution is -0.129. The predicted octanol–water partition coefficient (Wildman–Crippen LogP) is -0.331. The van der Waals surface area contributed by atoms with Crippen LogP contribution in [-0.2, 0) is 4.79 Å². The molecule has 2 unspecified atom stereocenters. The van der Waals surface area contributed by atoms with Crippen molar-refractivity contribution >= 4 is 5.91 Å². The van der Waals surface area contributed by atoms with Crippen LogP contribution in [0.1, 0.15) is 6.92 Å². The summed E-state index contributed by atoms with van der Waals surface area (Å²) >= 11 is 0. The van der Waals surface area contributed by atoms with Crippen molar-refractivity contribution in [3.05, 3.63) is 0 Å². The predicted molar refractivity (Wildman–Crippen MR) is 41.8 cm³/mol. The van der Waals surface area contributed by atoms with Gasteiger partial charge in [-0.05, 0) is 17.8 Å². The molecule has 0 bridgehead atoms. The molecule has 0 radical (unpaired) electrons. The van der Waals surface area contributed by atoms with Gasteiger partial charge in [-0.25, -0.2) is 0 Å². The Morgan fingerprint density at radius 1 is 1.55 bits per heavy atom. The van der Waals surface area contributed by atoms with Gasteiger partial charge >= 0.3 is 0 Å². The zero-order chi connectivity index (χ0) is 8.01. The number of carbonyl (C=O) groups excluding carboxylic acids is 1. The SMILES string of the molecule is CC1C2CN(C(=O)CN)CC12. The molecule has 1 amide bonds. The largest absolute Gasteiger partial charge is 0.341 e. The van der Waals surface area contributed by atoms with Crippen LogP contribution in [0, 0.1) is 17.8 Å². The highest BCUT2D eigenvalue weighted by Gasteiger charge is 2.53. The molecule has 0 aromatic carbocycles. The number of likely N-dealkylation sites (tertiary alicyclic amines) is 1. The average molecular weight is 154 g/mol. The van der Waals surface area contributed by atoms with E-state index in [4.69, 9.17) is 5.73 Å². The average Bonchev–Trinajstić information content (AvgIpc) is 2.55. The van der Waals surface area contributed by atoms with Gasteiger partial charge in [-0.15, -0.1) is 0 Å². The molecular formula is C8H14N2O. The Labute approximate surface area is 66.5 Å². The topological polar surface area (TPSA) is 46.3 Å². The highest BCUT2D eigenvalue weighted by Crippen LogP contribution is 2.50. The summed E-state index contributed by atoms with van der Waals surface area (Å²) in [6.07, 6.45) is 0. The number of rotatable bonds is 1. The van der Waals surface area contributed by atoms with E-state index in [2.05, 4.69) is 6.92 Å². The van der Waals surface area contributed by atoms with Crippen molar-refractivity contribution in [3.8, 4) is 0 Å². The molecule has 1 aliphatic heterocycles. The summed E-state index contributed by atoms with van der Waals surface area (Å²) in [7, 11) is 0. The fourth-order valence-electron chi connectivity index (χ4n) is 2.16. The van der Waals surface area contributed by atoms with Crippen molar-refractivity contribution in [3.63, 3.8) is 0 Å². The first-order chi connectivity index (χ1) is 5.24. The molecule has 3 heteroatoms. The number of carbonyl (C=O) groups is 1. The van der Waals surface area contributed by atoms with E-state index in [-0.39, 0.29) is 12.5 Å².